The Morgan fingerprint density at radius 3 is 2.69 bits per heavy atom. The minimum Gasteiger partial charge on any atom is -0.465 e. The minimum absolute atomic E-state index is 0.0716. The Morgan fingerprint density at radius 1 is 1.62 bits per heavy atom. The Labute approximate surface area is 79.3 Å². The maximum absolute atomic E-state index is 12.8. The lowest BCUT2D eigenvalue weighted by Crippen LogP contribution is -2.40. The van der Waals surface area contributed by atoms with Gasteiger partial charge >= 0.3 is 6.09 Å². The van der Waals surface area contributed by atoms with Crippen molar-refractivity contribution < 1.29 is 19.1 Å². The Bertz CT molecular complexity index is 236. The van der Waals surface area contributed by atoms with E-state index in [4.69, 9.17) is 16.7 Å². The van der Waals surface area contributed by atoms with E-state index in [-0.39, 0.29) is 18.8 Å². The lowest BCUT2D eigenvalue weighted by molar-refractivity contribution is -0.120. The fourth-order valence-corrected chi connectivity index (χ4v) is 1.57. The maximum Gasteiger partial charge on any atom is 0.408 e. The number of likely N-dealkylation sites (tertiary alicyclic amines) is 1. The van der Waals surface area contributed by atoms with Crippen LogP contribution < -0.4 is 0 Å². The lowest BCUT2D eigenvalue weighted by atomic mass is 10.1. The molecule has 1 rings (SSSR count). The van der Waals surface area contributed by atoms with Gasteiger partial charge in [0.25, 0.3) is 0 Å². The molecule has 1 amide bonds. The van der Waals surface area contributed by atoms with E-state index < -0.39 is 24.1 Å². The van der Waals surface area contributed by atoms with Crippen molar-refractivity contribution in [1.29, 1.82) is 0 Å². The highest BCUT2D eigenvalue weighted by Gasteiger charge is 2.39. The molecule has 1 aliphatic rings. The quantitative estimate of drug-likeness (QED) is 0.687. The van der Waals surface area contributed by atoms with Gasteiger partial charge in [0.05, 0.1) is 18.5 Å². The van der Waals surface area contributed by atoms with Crippen LogP contribution in [0, 0.1) is 0 Å². The molecule has 1 N–H and O–H groups in total. The Balaban J connectivity index is 2.71. The number of hydrogen-bond donors (Lipinski definition) is 1. The number of rotatable bonds is 2. The zero-order valence-corrected chi connectivity index (χ0v) is 7.50. The van der Waals surface area contributed by atoms with Crippen molar-refractivity contribution in [2.75, 3.05) is 12.4 Å². The van der Waals surface area contributed by atoms with Crippen LogP contribution in [0.5, 0.6) is 0 Å². The first-order chi connectivity index (χ1) is 6.06. The summed E-state index contributed by atoms with van der Waals surface area (Å²) in [6.07, 6.45) is -2.60. The molecule has 4 nitrogen and oxygen atoms in total. The number of carbonyl (C=O) groups excluding carboxylic acids is 1. The number of amides is 1. The zero-order chi connectivity index (χ0) is 10.0. The molecule has 0 aromatic carbocycles. The van der Waals surface area contributed by atoms with Crippen molar-refractivity contribution in [2.45, 2.75) is 18.6 Å². The first kappa shape index (κ1) is 10.2. The molecule has 13 heavy (non-hydrogen) atoms. The van der Waals surface area contributed by atoms with Gasteiger partial charge in [-0.1, -0.05) is 0 Å². The normalized spacial score (nSPS) is 27.7. The number of Topliss-reactive ketones (excluding diaryl/α,β-unsaturated/α-hetero) is 1. The van der Waals surface area contributed by atoms with Gasteiger partial charge in [0.2, 0.25) is 0 Å². The van der Waals surface area contributed by atoms with Crippen molar-refractivity contribution in [3.63, 3.8) is 0 Å². The summed E-state index contributed by atoms with van der Waals surface area (Å²) < 4.78 is 12.8. The van der Waals surface area contributed by atoms with E-state index in [9.17, 15) is 14.0 Å². The molecule has 1 heterocycles. The van der Waals surface area contributed by atoms with Crippen LogP contribution in [0.25, 0.3) is 0 Å². The summed E-state index contributed by atoms with van der Waals surface area (Å²) in [7, 11) is 0. The Kier molecular flexibility index (Phi) is 3.08. The van der Waals surface area contributed by atoms with E-state index in [0.29, 0.717) is 0 Å². The number of nitrogens with zero attached hydrogens (tertiary/aromatic N) is 1. The highest BCUT2D eigenvalue weighted by molar-refractivity contribution is 6.28. The largest absolute Gasteiger partial charge is 0.465 e. The van der Waals surface area contributed by atoms with Gasteiger partial charge in [-0.15, -0.1) is 11.6 Å². The first-order valence-corrected chi connectivity index (χ1v) is 4.32. The molecule has 0 unspecified atom stereocenters. The third-order valence-corrected chi connectivity index (χ3v) is 2.26. The molecule has 0 bridgehead atoms. The van der Waals surface area contributed by atoms with Gasteiger partial charge in [0, 0.05) is 6.42 Å². The van der Waals surface area contributed by atoms with Crippen molar-refractivity contribution in [1.82, 2.24) is 4.90 Å². The van der Waals surface area contributed by atoms with E-state index in [1.807, 2.05) is 0 Å². The van der Waals surface area contributed by atoms with Gasteiger partial charge < -0.3 is 5.11 Å². The van der Waals surface area contributed by atoms with Crippen molar-refractivity contribution in [3.05, 3.63) is 0 Å². The van der Waals surface area contributed by atoms with Gasteiger partial charge in [0.15, 0.2) is 5.78 Å². The summed E-state index contributed by atoms with van der Waals surface area (Å²) in [6.45, 7) is -0.234. The molecular weight excluding hydrogens is 201 g/mol. The van der Waals surface area contributed by atoms with Crippen LogP contribution in [0.1, 0.15) is 6.42 Å². The van der Waals surface area contributed by atoms with Gasteiger partial charge in [-0.05, 0) is 0 Å². The number of halogens is 2. The summed E-state index contributed by atoms with van der Waals surface area (Å²) in [4.78, 5) is 22.4. The first-order valence-electron chi connectivity index (χ1n) is 3.78. The summed E-state index contributed by atoms with van der Waals surface area (Å²) in [5.41, 5.74) is 0. The smallest absolute Gasteiger partial charge is 0.408 e. The monoisotopic (exact) mass is 209 g/mol. The van der Waals surface area contributed by atoms with Crippen molar-refractivity contribution in [3.8, 4) is 0 Å². The molecule has 0 aromatic rings. The second kappa shape index (κ2) is 3.91. The van der Waals surface area contributed by atoms with E-state index in [2.05, 4.69) is 0 Å². The number of carbonyl (C=O) groups is 2. The Morgan fingerprint density at radius 2 is 2.23 bits per heavy atom. The molecule has 1 aliphatic heterocycles. The van der Waals surface area contributed by atoms with Crippen molar-refractivity contribution >= 4 is 23.5 Å². The van der Waals surface area contributed by atoms with Gasteiger partial charge in [0.1, 0.15) is 6.17 Å². The molecule has 0 saturated carbocycles. The SMILES string of the molecule is O=C(CCl)[C@@H]1C[C@H](F)CN1C(=O)O. The van der Waals surface area contributed by atoms with Crippen LogP contribution in [0.3, 0.4) is 0 Å². The van der Waals surface area contributed by atoms with Gasteiger partial charge in [-0.2, -0.15) is 0 Å². The number of ketones is 1. The van der Waals surface area contributed by atoms with Crippen LogP contribution in [0.15, 0.2) is 0 Å². The molecule has 1 fully saturated rings. The summed E-state index contributed by atoms with van der Waals surface area (Å²) in [5.74, 6) is -0.717. The number of carboxylic acid groups (broad SMARTS) is 1. The molecule has 0 aromatic heterocycles. The predicted octanol–water partition coefficient (Wildman–Crippen LogP) is 0.885. The summed E-state index contributed by atoms with van der Waals surface area (Å²) in [5, 5.41) is 8.61. The fourth-order valence-electron chi connectivity index (χ4n) is 1.39. The molecular formula is C7H9ClFNO3. The molecule has 74 valence electrons. The van der Waals surface area contributed by atoms with Gasteiger partial charge in [-0.3, -0.25) is 9.69 Å². The third-order valence-electron chi connectivity index (χ3n) is 2.00. The molecule has 0 spiro atoms. The molecule has 0 radical (unpaired) electrons. The molecule has 0 aliphatic carbocycles. The van der Waals surface area contributed by atoms with Crippen molar-refractivity contribution in [2.24, 2.45) is 0 Å². The molecule has 1 saturated heterocycles. The maximum atomic E-state index is 12.8. The van der Waals surface area contributed by atoms with E-state index in [0.717, 1.165) is 4.90 Å². The lowest BCUT2D eigenvalue weighted by Gasteiger charge is -2.18. The summed E-state index contributed by atoms with van der Waals surface area (Å²) >= 11 is 5.26. The minimum atomic E-state index is -1.27. The van der Waals surface area contributed by atoms with E-state index >= 15 is 0 Å². The Hall–Kier alpha value is -0.840. The zero-order valence-electron chi connectivity index (χ0n) is 6.74. The molecule has 2 atom stereocenters. The predicted molar refractivity (Wildman–Crippen MR) is 43.8 cm³/mol. The van der Waals surface area contributed by atoms with Crippen LogP contribution in [-0.4, -0.2) is 46.5 Å². The molecule has 6 heteroatoms. The van der Waals surface area contributed by atoms with Crippen LogP contribution in [0.4, 0.5) is 9.18 Å². The standard InChI is InChI=1S/C7H9ClFNO3/c8-2-6(11)5-1-4(9)3-10(5)7(12)13/h4-5H,1-3H2,(H,12,13)/t4-,5-/m0/s1. The van der Waals surface area contributed by atoms with Crippen LogP contribution >= 0.6 is 11.6 Å². The number of alkyl halides is 2. The van der Waals surface area contributed by atoms with Crippen LogP contribution in [0.2, 0.25) is 0 Å². The second-order valence-electron chi connectivity index (χ2n) is 2.88. The highest BCUT2D eigenvalue weighted by atomic mass is 35.5. The topological polar surface area (TPSA) is 57.6 Å². The van der Waals surface area contributed by atoms with Crippen LogP contribution in [-0.2, 0) is 4.79 Å². The van der Waals surface area contributed by atoms with E-state index in [1.165, 1.54) is 0 Å². The summed E-state index contributed by atoms with van der Waals surface area (Å²) in [6, 6.07) is -0.898. The second-order valence-corrected chi connectivity index (χ2v) is 3.15. The average Bonchev–Trinajstić information content (AvgIpc) is 2.46. The fraction of sp³-hybridized carbons (Fsp3) is 0.714. The van der Waals surface area contributed by atoms with E-state index in [1.54, 1.807) is 0 Å². The number of hydrogen-bond acceptors (Lipinski definition) is 2. The van der Waals surface area contributed by atoms with Gasteiger partial charge in [-0.25, -0.2) is 9.18 Å². The highest BCUT2D eigenvalue weighted by Crippen LogP contribution is 2.21. The third kappa shape index (κ3) is 2.09. The average molecular weight is 210 g/mol.